The highest BCUT2D eigenvalue weighted by Crippen LogP contribution is 2.33. The van der Waals surface area contributed by atoms with Crippen LogP contribution in [0.1, 0.15) is 56.0 Å². The smallest absolute Gasteiger partial charge is 0.266 e. The number of aromatic nitrogens is 4. The van der Waals surface area contributed by atoms with Gasteiger partial charge in [-0.05, 0) is 44.2 Å². The Balaban J connectivity index is 1.42. The summed E-state index contributed by atoms with van der Waals surface area (Å²) < 4.78 is 37.5. The fraction of sp³-hybridized carbons (Fsp3) is 0.571. The summed E-state index contributed by atoms with van der Waals surface area (Å²) in [5, 5.41) is 8.33. The summed E-state index contributed by atoms with van der Waals surface area (Å²) in [5.74, 6) is 2.10. The Morgan fingerprint density at radius 1 is 1.20 bits per heavy atom. The molecule has 4 heterocycles. The van der Waals surface area contributed by atoms with E-state index in [0.717, 1.165) is 17.1 Å². The van der Waals surface area contributed by atoms with Crippen molar-refractivity contribution in [3.05, 3.63) is 29.9 Å². The number of sulfone groups is 1. The molecule has 5 rings (SSSR count). The number of hydrogen-bond acceptors (Lipinski definition) is 7. The Bertz CT molecular complexity index is 1160. The highest BCUT2D eigenvalue weighted by molar-refractivity contribution is 7.91. The summed E-state index contributed by atoms with van der Waals surface area (Å²) in [5.41, 5.74) is 2.20. The third kappa shape index (κ3) is 3.71. The van der Waals surface area contributed by atoms with E-state index in [1.54, 1.807) is 0 Å². The molecule has 1 saturated heterocycles. The number of hydrogen-bond donors (Lipinski definition) is 0. The molecule has 0 radical (unpaired) electrons. The fourth-order valence-electron chi connectivity index (χ4n) is 4.57. The fourth-order valence-corrected chi connectivity index (χ4v) is 6.31. The molecule has 1 unspecified atom stereocenters. The molecule has 2 aliphatic rings. The average molecular weight is 431 g/mol. The number of imidazole rings is 1. The van der Waals surface area contributed by atoms with Gasteiger partial charge >= 0.3 is 0 Å². The third-order valence-electron chi connectivity index (χ3n) is 6.21. The first kappa shape index (κ1) is 19.5. The maximum atomic E-state index is 11.8. The largest absolute Gasteiger partial charge is 0.489 e. The average Bonchev–Trinajstić information content (AvgIpc) is 3.43. The first-order valence-electron chi connectivity index (χ1n) is 10.6. The van der Waals surface area contributed by atoms with Gasteiger partial charge in [-0.1, -0.05) is 19.3 Å². The van der Waals surface area contributed by atoms with Crippen LogP contribution >= 0.6 is 0 Å². The Morgan fingerprint density at radius 3 is 2.80 bits per heavy atom. The van der Waals surface area contributed by atoms with Gasteiger partial charge in [0.15, 0.2) is 21.2 Å². The van der Waals surface area contributed by atoms with Gasteiger partial charge in [0.05, 0.1) is 29.7 Å². The second-order valence-electron chi connectivity index (χ2n) is 8.47. The van der Waals surface area contributed by atoms with E-state index in [-0.39, 0.29) is 17.4 Å². The van der Waals surface area contributed by atoms with Crippen molar-refractivity contribution >= 4 is 15.5 Å². The predicted octanol–water partition coefficient (Wildman–Crippen LogP) is 3.55. The van der Waals surface area contributed by atoms with Crippen LogP contribution in [0.2, 0.25) is 0 Å². The molecule has 1 aliphatic carbocycles. The van der Waals surface area contributed by atoms with Gasteiger partial charge in [-0.15, -0.1) is 10.2 Å². The molecule has 0 bridgehead atoms. The molecule has 30 heavy (non-hydrogen) atoms. The lowest BCUT2D eigenvalue weighted by Gasteiger charge is -2.21. The molecule has 1 aliphatic heterocycles. The second kappa shape index (κ2) is 7.68. The maximum absolute atomic E-state index is 11.8. The van der Waals surface area contributed by atoms with Crippen molar-refractivity contribution in [1.29, 1.82) is 0 Å². The molecule has 1 atom stereocenters. The van der Waals surface area contributed by atoms with Crippen LogP contribution in [0.15, 0.2) is 22.7 Å². The molecule has 0 aromatic carbocycles. The Morgan fingerprint density at radius 2 is 2.03 bits per heavy atom. The van der Waals surface area contributed by atoms with Gasteiger partial charge < -0.3 is 9.15 Å². The van der Waals surface area contributed by atoms with E-state index in [9.17, 15) is 8.42 Å². The highest BCUT2D eigenvalue weighted by atomic mass is 32.2. The van der Waals surface area contributed by atoms with E-state index in [1.807, 2.05) is 29.7 Å². The molecule has 3 aromatic rings. The molecule has 3 aromatic heterocycles. The molecule has 2 fully saturated rings. The third-order valence-corrected chi connectivity index (χ3v) is 7.98. The van der Waals surface area contributed by atoms with Crippen LogP contribution in [0.3, 0.4) is 0 Å². The summed E-state index contributed by atoms with van der Waals surface area (Å²) in [6.45, 7) is 2.61. The lowest BCUT2D eigenvalue weighted by molar-refractivity contribution is 0.210. The first-order valence-corrected chi connectivity index (χ1v) is 12.5. The molecule has 0 amide bonds. The van der Waals surface area contributed by atoms with E-state index < -0.39 is 9.84 Å². The van der Waals surface area contributed by atoms with Crippen molar-refractivity contribution in [2.75, 3.05) is 18.1 Å². The first-order chi connectivity index (χ1) is 14.5. The summed E-state index contributed by atoms with van der Waals surface area (Å²) >= 11 is 0. The minimum Gasteiger partial charge on any atom is -0.489 e. The zero-order chi connectivity index (χ0) is 20.7. The number of pyridine rings is 1. The van der Waals surface area contributed by atoms with Gasteiger partial charge in [0.1, 0.15) is 5.69 Å². The molecule has 9 heteroatoms. The SMILES string of the molecule is Cc1nc2c(OCC3CCCCC3)cccn2c1-c1nnc(C2CCS(=O)(=O)C2)o1. The Kier molecular flexibility index (Phi) is 5.00. The summed E-state index contributed by atoms with van der Waals surface area (Å²) in [6.07, 6.45) is 8.78. The second-order valence-corrected chi connectivity index (χ2v) is 10.7. The van der Waals surface area contributed by atoms with E-state index in [1.165, 1.54) is 32.1 Å². The van der Waals surface area contributed by atoms with E-state index >= 15 is 0 Å². The van der Waals surface area contributed by atoms with Crippen LogP contribution in [0.5, 0.6) is 5.75 Å². The summed E-state index contributed by atoms with van der Waals surface area (Å²) in [6, 6.07) is 3.87. The minimum atomic E-state index is -3.01. The minimum absolute atomic E-state index is 0.0694. The van der Waals surface area contributed by atoms with Gasteiger partial charge in [0.25, 0.3) is 5.89 Å². The van der Waals surface area contributed by atoms with Gasteiger partial charge in [-0.3, -0.25) is 4.40 Å². The molecule has 1 saturated carbocycles. The van der Waals surface area contributed by atoms with Gasteiger partial charge in [-0.25, -0.2) is 13.4 Å². The van der Waals surface area contributed by atoms with Gasteiger partial charge in [0.2, 0.25) is 5.89 Å². The lowest BCUT2D eigenvalue weighted by atomic mass is 9.90. The Hall–Kier alpha value is -2.42. The topological polar surface area (TPSA) is 99.6 Å². The van der Waals surface area contributed by atoms with Crippen LogP contribution in [0.4, 0.5) is 0 Å². The van der Waals surface area contributed by atoms with Crippen molar-refractivity contribution in [3.8, 4) is 17.3 Å². The summed E-state index contributed by atoms with van der Waals surface area (Å²) in [4.78, 5) is 4.70. The lowest BCUT2D eigenvalue weighted by Crippen LogP contribution is -2.15. The number of fused-ring (bicyclic) bond motifs is 1. The van der Waals surface area contributed by atoms with Crippen molar-refractivity contribution in [2.24, 2.45) is 5.92 Å². The molecular formula is C21H26N4O4S. The number of ether oxygens (including phenoxy) is 1. The molecule has 0 N–H and O–H groups in total. The van der Waals surface area contributed by atoms with E-state index in [2.05, 4.69) is 10.2 Å². The zero-order valence-electron chi connectivity index (χ0n) is 17.1. The van der Waals surface area contributed by atoms with Crippen LogP contribution in [0.25, 0.3) is 17.2 Å². The summed E-state index contributed by atoms with van der Waals surface area (Å²) in [7, 11) is -3.01. The van der Waals surface area contributed by atoms with Crippen LogP contribution in [-0.2, 0) is 9.84 Å². The predicted molar refractivity (Wildman–Crippen MR) is 111 cm³/mol. The standard InChI is InChI=1S/C21H26N4O4S/c1-14-18(21-24-23-20(29-21)16-9-11-30(26,27)13-16)25-10-5-8-17(19(25)22-14)28-12-15-6-3-2-4-7-15/h5,8,10,15-16H,2-4,6-7,9,11-13H2,1H3. The normalized spacial score (nSPS) is 22.0. The van der Waals surface area contributed by atoms with Crippen LogP contribution in [0, 0.1) is 12.8 Å². The van der Waals surface area contributed by atoms with Gasteiger partial charge in [-0.2, -0.15) is 0 Å². The van der Waals surface area contributed by atoms with Crippen molar-refractivity contribution in [3.63, 3.8) is 0 Å². The number of aryl methyl sites for hydroxylation is 1. The van der Waals surface area contributed by atoms with Crippen molar-refractivity contribution in [2.45, 2.75) is 51.4 Å². The molecule has 8 nitrogen and oxygen atoms in total. The Labute approximate surface area is 175 Å². The van der Waals surface area contributed by atoms with E-state index in [0.29, 0.717) is 36.4 Å². The zero-order valence-corrected chi connectivity index (χ0v) is 17.9. The molecule has 160 valence electrons. The maximum Gasteiger partial charge on any atom is 0.266 e. The number of rotatable bonds is 5. The molecular weight excluding hydrogens is 404 g/mol. The molecule has 0 spiro atoms. The van der Waals surface area contributed by atoms with E-state index in [4.69, 9.17) is 14.1 Å². The van der Waals surface area contributed by atoms with Gasteiger partial charge in [0, 0.05) is 6.20 Å². The van der Waals surface area contributed by atoms with Crippen LogP contribution < -0.4 is 4.74 Å². The van der Waals surface area contributed by atoms with Crippen molar-refractivity contribution in [1.82, 2.24) is 19.6 Å². The quantitative estimate of drug-likeness (QED) is 0.610. The number of nitrogens with zero attached hydrogens (tertiary/aromatic N) is 4. The van der Waals surface area contributed by atoms with Crippen molar-refractivity contribution < 1.29 is 17.6 Å². The monoisotopic (exact) mass is 430 g/mol. The highest BCUT2D eigenvalue weighted by Gasteiger charge is 2.33. The van der Waals surface area contributed by atoms with Crippen LogP contribution in [-0.4, -0.2) is 46.1 Å².